The van der Waals surface area contributed by atoms with Gasteiger partial charge in [0.2, 0.25) is 5.91 Å². The molecule has 3 aromatic carbocycles. The number of benzene rings is 3. The molecule has 3 aromatic rings. The Labute approximate surface area is 167 Å². The average Bonchev–Trinajstić information content (AvgIpc) is 2.69. The topological polar surface area (TPSA) is 86.6 Å². The number of aliphatic hydroxyl groups is 1. The summed E-state index contributed by atoms with van der Waals surface area (Å²) in [6, 6.07) is 21.1. The first-order chi connectivity index (χ1) is 13.4. The van der Waals surface area contributed by atoms with E-state index < -0.39 is 23.8 Å². The van der Waals surface area contributed by atoms with Crippen LogP contribution in [0.1, 0.15) is 27.9 Å². The van der Waals surface area contributed by atoms with Crippen LogP contribution in [-0.4, -0.2) is 22.0 Å². The Morgan fingerprint density at radius 2 is 1.43 bits per heavy atom. The van der Waals surface area contributed by atoms with Crippen LogP contribution >= 0.6 is 11.6 Å². The Kier molecular flexibility index (Phi) is 5.78. The predicted molar refractivity (Wildman–Crippen MR) is 106 cm³/mol. The summed E-state index contributed by atoms with van der Waals surface area (Å²) in [5.41, 5.74) is -0.712. The largest absolute Gasteiger partial charge is 0.507 e. The Balaban J connectivity index is 1.87. The van der Waals surface area contributed by atoms with Crippen LogP contribution in [-0.2, 0) is 10.4 Å². The molecule has 28 heavy (non-hydrogen) atoms. The van der Waals surface area contributed by atoms with Gasteiger partial charge in [-0.2, -0.15) is 0 Å². The molecule has 0 spiro atoms. The number of phenolic OH excluding ortho intramolecular Hbond substituents is 1. The summed E-state index contributed by atoms with van der Waals surface area (Å²) in [5.74, 6) is -1.66. The molecule has 0 bridgehead atoms. The zero-order valence-corrected chi connectivity index (χ0v) is 15.6. The number of phenols is 1. The molecule has 0 aliphatic rings. The van der Waals surface area contributed by atoms with Crippen molar-refractivity contribution in [2.45, 2.75) is 12.0 Å². The van der Waals surface area contributed by atoms with Gasteiger partial charge in [0.05, 0.1) is 12.0 Å². The second-order valence-corrected chi connectivity index (χ2v) is 6.74. The van der Waals surface area contributed by atoms with Crippen molar-refractivity contribution >= 4 is 23.4 Å². The number of aromatic hydroxyl groups is 1. The summed E-state index contributed by atoms with van der Waals surface area (Å²) < 4.78 is 0. The molecule has 0 unspecified atom stereocenters. The van der Waals surface area contributed by atoms with Gasteiger partial charge in [-0.15, -0.1) is 0 Å². The van der Waals surface area contributed by atoms with E-state index >= 15 is 0 Å². The van der Waals surface area contributed by atoms with Crippen LogP contribution in [0.5, 0.6) is 5.75 Å². The molecular weight excluding hydrogens is 378 g/mol. The van der Waals surface area contributed by atoms with E-state index in [-0.39, 0.29) is 11.3 Å². The lowest BCUT2D eigenvalue weighted by atomic mass is 9.83. The van der Waals surface area contributed by atoms with E-state index in [1.165, 1.54) is 12.1 Å². The molecule has 0 fully saturated rings. The Morgan fingerprint density at radius 3 is 2.07 bits per heavy atom. The Hall–Kier alpha value is -3.15. The number of imide groups is 1. The fourth-order valence-corrected chi connectivity index (χ4v) is 3.07. The minimum atomic E-state index is -1.66. The van der Waals surface area contributed by atoms with E-state index in [2.05, 4.69) is 5.32 Å². The number of carbonyl (C=O) groups is 2. The minimum absolute atomic E-state index is 0.0226. The summed E-state index contributed by atoms with van der Waals surface area (Å²) in [7, 11) is 0. The maximum atomic E-state index is 12.6. The second-order valence-electron chi connectivity index (χ2n) is 6.30. The normalized spacial score (nSPS) is 12.8. The summed E-state index contributed by atoms with van der Waals surface area (Å²) in [6.45, 7) is 0. The fraction of sp³-hybridized carbons (Fsp3) is 0.0909. The lowest BCUT2D eigenvalue weighted by Gasteiger charge is -2.29. The van der Waals surface area contributed by atoms with Crippen LogP contribution in [0, 0.1) is 0 Å². The van der Waals surface area contributed by atoms with Crippen LogP contribution in [0.4, 0.5) is 0 Å². The standard InChI is InChI=1S/C22H18ClNO4/c23-17-12-10-16(11-13-17)22(28,15-6-2-1-3-7-15)14-20(26)24-21(27)18-8-4-5-9-19(18)25/h1-13,25,28H,14H2,(H,24,26,27)/t22-/m0/s1. The fourth-order valence-electron chi connectivity index (χ4n) is 2.95. The summed E-state index contributed by atoms with van der Waals surface area (Å²) >= 11 is 5.94. The smallest absolute Gasteiger partial charge is 0.261 e. The van der Waals surface area contributed by atoms with Gasteiger partial charge in [0.25, 0.3) is 5.91 Å². The number of halogens is 1. The molecule has 3 rings (SSSR count). The molecule has 3 N–H and O–H groups in total. The molecule has 0 aliphatic heterocycles. The van der Waals surface area contributed by atoms with Crippen molar-refractivity contribution in [2.24, 2.45) is 0 Å². The molecule has 2 amide bonds. The monoisotopic (exact) mass is 395 g/mol. The third-order valence-electron chi connectivity index (χ3n) is 4.39. The number of hydrogen-bond donors (Lipinski definition) is 3. The number of nitrogens with one attached hydrogen (secondary N) is 1. The maximum absolute atomic E-state index is 12.6. The first kappa shape index (κ1) is 19.6. The molecule has 0 saturated carbocycles. The summed E-state index contributed by atoms with van der Waals surface area (Å²) in [6.07, 6.45) is -0.391. The molecule has 0 radical (unpaired) electrons. The molecular formula is C22H18ClNO4. The quantitative estimate of drug-likeness (QED) is 0.615. The van der Waals surface area contributed by atoms with E-state index in [0.29, 0.717) is 16.1 Å². The molecule has 5 nitrogen and oxygen atoms in total. The highest BCUT2D eigenvalue weighted by Crippen LogP contribution is 2.33. The minimum Gasteiger partial charge on any atom is -0.507 e. The third kappa shape index (κ3) is 4.22. The molecule has 1 atom stereocenters. The van der Waals surface area contributed by atoms with Crippen LogP contribution in [0.2, 0.25) is 5.02 Å². The van der Waals surface area contributed by atoms with E-state index in [9.17, 15) is 19.8 Å². The zero-order chi connectivity index (χ0) is 20.1. The SMILES string of the molecule is O=C(C[C@](O)(c1ccccc1)c1ccc(Cl)cc1)NC(=O)c1ccccc1O. The van der Waals surface area contributed by atoms with Crippen molar-refractivity contribution in [3.63, 3.8) is 0 Å². The highest BCUT2D eigenvalue weighted by molar-refractivity contribution is 6.30. The predicted octanol–water partition coefficient (Wildman–Crippen LogP) is 3.63. The average molecular weight is 396 g/mol. The van der Waals surface area contributed by atoms with Crippen LogP contribution in [0.3, 0.4) is 0 Å². The van der Waals surface area contributed by atoms with Crippen LogP contribution in [0.15, 0.2) is 78.9 Å². The highest BCUT2D eigenvalue weighted by Gasteiger charge is 2.34. The van der Waals surface area contributed by atoms with Crippen LogP contribution < -0.4 is 5.32 Å². The van der Waals surface area contributed by atoms with Gasteiger partial charge >= 0.3 is 0 Å². The first-order valence-corrected chi connectivity index (χ1v) is 8.94. The van der Waals surface area contributed by atoms with Gasteiger partial charge < -0.3 is 10.2 Å². The van der Waals surface area contributed by atoms with Gasteiger partial charge in [-0.25, -0.2) is 0 Å². The molecule has 142 valence electrons. The number of carbonyl (C=O) groups excluding carboxylic acids is 2. The van der Waals surface area contributed by atoms with Crippen molar-refractivity contribution in [2.75, 3.05) is 0 Å². The van der Waals surface area contributed by atoms with Gasteiger partial charge in [-0.05, 0) is 35.4 Å². The number of amides is 2. The second kappa shape index (κ2) is 8.25. The van der Waals surface area contributed by atoms with Crippen molar-refractivity contribution in [3.05, 3.63) is 101 Å². The Bertz CT molecular complexity index is 989. The zero-order valence-electron chi connectivity index (χ0n) is 14.8. The molecule has 0 heterocycles. The van der Waals surface area contributed by atoms with Gasteiger partial charge in [-0.3, -0.25) is 14.9 Å². The van der Waals surface area contributed by atoms with E-state index in [4.69, 9.17) is 11.6 Å². The molecule has 0 aromatic heterocycles. The van der Waals surface area contributed by atoms with Crippen molar-refractivity contribution in [1.29, 1.82) is 0 Å². The van der Waals surface area contributed by atoms with Gasteiger partial charge in [0.15, 0.2) is 0 Å². The maximum Gasteiger partial charge on any atom is 0.261 e. The number of rotatable bonds is 5. The van der Waals surface area contributed by atoms with E-state index in [1.807, 2.05) is 0 Å². The van der Waals surface area contributed by atoms with E-state index in [1.54, 1.807) is 66.7 Å². The first-order valence-electron chi connectivity index (χ1n) is 8.56. The van der Waals surface area contributed by atoms with Gasteiger partial charge in [0.1, 0.15) is 11.4 Å². The van der Waals surface area contributed by atoms with Gasteiger partial charge in [-0.1, -0.05) is 66.2 Å². The molecule has 0 saturated heterocycles. The summed E-state index contributed by atoms with van der Waals surface area (Å²) in [4.78, 5) is 24.9. The van der Waals surface area contributed by atoms with Crippen molar-refractivity contribution < 1.29 is 19.8 Å². The lowest BCUT2D eigenvalue weighted by Crippen LogP contribution is -2.38. The third-order valence-corrected chi connectivity index (χ3v) is 4.64. The molecule has 0 aliphatic carbocycles. The number of para-hydroxylation sites is 1. The summed E-state index contributed by atoms with van der Waals surface area (Å²) in [5, 5.41) is 23.9. The molecule has 6 heteroatoms. The number of hydrogen-bond acceptors (Lipinski definition) is 4. The van der Waals surface area contributed by atoms with Gasteiger partial charge in [0, 0.05) is 5.02 Å². The van der Waals surface area contributed by atoms with E-state index in [0.717, 1.165) is 0 Å². The Morgan fingerprint density at radius 1 is 0.857 bits per heavy atom. The van der Waals surface area contributed by atoms with Crippen LogP contribution in [0.25, 0.3) is 0 Å². The van der Waals surface area contributed by atoms with Crippen molar-refractivity contribution in [3.8, 4) is 5.75 Å². The lowest BCUT2D eigenvalue weighted by molar-refractivity contribution is -0.124. The highest BCUT2D eigenvalue weighted by atomic mass is 35.5. The van der Waals surface area contributed by atoms with Crippen molar-refractivity contribution in [1.82, 2.24) is 5.32 Å².